The lowest BCUT2D eigenvalue weighted by atomic mass is 10.1. The molecule has 0 amide bonds. The van der Waals surface area contributed by atoms with Gasteiger partial charge in [0.2, 0.25) is 0 Å². The van der Waals surface area contributed by atoms with E-state index in [-0.39, 0.29) is 6.61 Å². The molecule has 1 N–H and O–H groups in total. The molecule has 0 aliphatic heterocycles. The summed E-state index contributed by atoms with van der Waals surface area (Å²) in [5, 5.41) is 14.0. The summed E-state index contributed by atoms with van der Waals surface area (Å²) in [5.41, 5.74) is 3.19. The third-order valence-electron chi connectivity index (χ3n) is 3.65. The molecule has 0 bridgehead atoms. The van der Waals surface area contributed by atoms with Crippen molar-refractivity contribution in [2.45, 2.75) is 6.61 Å². The summed E-state index contributed by atoms with van der Waals surface area (Å²) in [7, 11) is 3.23. The van der Waals surface area contributed by atoms with E-state index in [9.17, 15) is 5.11 Å². The molecular weight excluding hydrogens is 372 g/mol. The molecule has 0 unspecified atom stereocenters. The Labute approximate surface area is 148 Å². The lowest BCUT2D eigenvalue weighted by Crippen LogP contribution is -2.01. The van der Waals surface area contributed by atoms with Crippen LogP contribution in [0.25, 0.3) is 16.9 Å². The van der Waals surface area contributed by atoms with Crippen LogP contribution in [0.5, 0.6) is 11.5 Å². The van der Waals surface area contributed by atoms with E-state index in [2.05, 4.69) is 21.0 Å². The second-order valence-corrected chi connectivity index (χ2v) is 6.00. The highest BCUT2D eigenvalue weighted by Crippen LogP contribution is 2.33. The summed E-state index contributed by atoms with van der Waals surface area (Å²) in [5.74, 6) is 1.38. The average Bonchev–Trinajstić information content (AvgIpc) is 3.06. The first-order valence-electron chi connectivity index (χ1n) is 7.34. The molecule has 0 saturated carbocycles. The van der Waals surface area contributed by atoms with Gasteiger partial charge in [-0.05, 0) is 46.3 Å². The van der Waals surface area contributed by atoms with E-state index in [1.54, 1.807) is 18.9 Å². The maximum atomic E-state index is 9.50. The van der Waals surface area contributed by atoms with Gasteiger partial charge in [0.15, 0.2) is 0 Å². The van der Waals surface area contributed by atoms with Crippen molar-refractivity contribution in [1.82, 2.24) is 9.78 Å². The van der Waals surface area contributed by atoms with Gasteiger partial charge in [0.05, 0.1) is 37.9 Å². The Bertz CT molecular complexity index is 839. The zero-order valence-corrected chi connectivity index (χ0v) is 14.9. The first-order chi connectivity index (χ1) is 11.7. The third-order valence-corrected chi connectivity index (χ3v) is 4.32. The zero-order chi connectivity index (χ0) is 17.1. The Morgan fingerprint density at radius 2 is 1.71 bits per heavy atom. The number of aromatic nitrogens is 2. The van der Waals surface area contributed by atoms with Crippen molar-refractivity contribution in [1.29, 1.82) is 0 Å². The van der Waals surface area contributed by atoms with E-state index in [0.717, 1.165) is 21.4 Å². The van der Waals surface area contributed by atoms with E-state index < -0.39 is 0 Å². The zero-order valence-electron chi connectivity index (χ0n) is 13.4. The highest BCUT2D eigenvalue weighted by molar-refractivity contribution is 9.10. The van der Waals surface area contributed by atoms with Crippen molar-refractivity contribution in [3.63, 3.8) is 0 Å². The molecule has 5 nitrogen and oxygen atoms in total. The number of aliphatic hydroxyl groups is 1. The number of aliphatic hydroxyl groups excluding tert-OH is 1. The number of para-hydroxylation sites is 1. The monoisotopic (exact) mass is 388 g/mol. The topological polar surface area (TPSA) is 56.5 Å². The number of methoxy groups -OCH3 is 2. The van der Waals surface area contributed by atoms with Gasteiger partial charge in [0.25, 0.3) is 0 Å². The van der Waals surface area contributed by atoms with Crippen LogP contribution in [-0.4, -0.2) is 29.1 Å². The fraction of sp³-hybridized carbons (Fsp3) is 0.167. The minimum Gasteiger partial charge on any atom is -0.497 e. The highest BCUT2D eigenvalue weighted by atomic mass is 79.9. The van der Waals surface area contributed by atoms with Crippen molar-refractivity contribution in [2.24, 2.45) is 0 Å². The van der Waals surface area contributed by atoms with Gasteiger partial charge in [-0.15, -0.1) is 0 Å². The van der Waals surface area contributed by atoms with Crippen LogP contribution in [-0.2, 0) is 6.61 Å². The predicted molar refractivity (Wildman–Crippen MR) is 95.7 cm³/mol. The summed E-state index contributed by atoms with van der Waals surface area (Å²) < 4.78 is 13.4. The van der Waals surface area contributed by atoms with Gasteiger partial charge in [-0.1, -0.05) is 12.1 Å². The van der Waals surface area contributed by atoms with Crippen molar-refractivity contribution < 1.29 is 14.6 Å². The van der Waals surface area contributed by atoms with Gasteiger partial charge in [0.1, 0.15) is 11.5 Å². The van der Waals surface area contributed by atoms with Gasteiger partial charge >= 0.3 is 0 Å². The van der Waals surface area contributed by atoms with Crippen molar-refractivity contribution >= 4 is 15.9 Å². The Balaban J connectivity index is 2.22. The van der Waals surface area contributed by atoms with E-state index in [1.165, 1.54) is 0 Å². The van der Waals surface area contributed by atoms with Crippen LogP contribution in [0.1, 0.15) is 5.69 Å². The number of hydrogen-bond donors (Lipinski definition) is 1. The molecule has 0 radical (unpaired) electrons. The Morgan fingerprint density at radius 3 is 2.29 bits per heavy atom. The first-order valence-corrected chi connectivity index (χ1v) is 8.13. The van der Waals surface area contributed by atoms with Gasteiger partial charge in [0, 0.05) is 16.1 Å². The molecule has 6 heteroatoms. The average molecular weight is 389 g/mol. The Hall–Kier alpha value is -2.31. The molecule has 3 aromatic rings. The molecule has 0 fully saturated rings. The standard InChI is InChI=1S/C18H17BrN2O3/c1-23-14-7-12(8-15(10-14)24-2)18-9-13(11-22)20-21(18)17-6-4-3-5-16(17)19/h3-10,22H,11H2,1-2H3. The maximum absolute atomic E-state index is 9.50. The van der Waals surface area contributed by atoms with Crippen LogP contribution < -0.4 is 9.47 Å². The number of benzene rings is 2. The van der Waals surface area contributed by atoms with Crippen LogP contribution in [0.2, 0.25) is 0 Å². The first kappa shape index (κ1) is 16.5. The number of halogens is 1. The van der Waals surface area contributed by atoms with E-state index in [1.807, 2.05) is 48.5 Å². The lowest BCUT2D eigenvalue weighted by molar-refractivity contribution is 0.276. The van der Waals surface area contributed by atoms with Crippen LogP contribution in [0, 0.1) is 0 Å². The fourth-order valence-electron chi connectivity index (χ4n) is 2.48. The Morgan fingerprint density at radius 1 is 1.04 bits per heavy atom. The second kappa shape index (κ2) is 7.07. The van der Waals surface area contributed by atoms with Crippen LogP contribution >= 0.6 is 15.9 Å². The third kappa shape index (κ3) is 3.16. The second-order valence-electron chi connectivity index (χ2n) is 5.14. The molecule has 0 aliphatic rings. The molecule has 124 valence electrons. The van der Waals surface area contributed by atoms with E-state index >= 15 is 0 Å². The Kier molecular flexibility index (Phi) is 4.87. The molecule has 0 spiro atoms. The normalized spacial score (nSPS) is 10.7. The summed E-state index contributed by atoms with van der Waals surface area (Å²) in [6.45, 7) is -0.133. The minimum atomic E-state index is -0.133. The van der Waals surface area contributed by atoms with Gasteiger partial charge in [-0.2, -0.15) is 5.10 Å². The molecule has 1 heterocycles. The van der Waals surface area contributed by atoms with E-state index in [4.69, 9.17) is 9.47 Å². The van der Waals surface area contributed by atoms with Crippen molar-refractivity contribution in [3.05, 3.63) is 58.7 Å². The molecule has 2 aromatic carbocycles. The summed E-state index contributed by atoms with van der Waals surface area (Å²) >= 11 is 3.55. The predicted octanol–water partition coefficient (Wildman–Crippen LogP) is 3.81. The van der Waals surface area contributed by atoms with Gasteiger partial charge in [-0.3, -0.25) is 0 Å². The van der Waals surface area contributed by atoms with E-state index in [0.29, 0.717) is 17.2 Å². The van der Waals surface area contributed by atoms with Crippen molar-refractivity contribution in [2.75, 3.05) is 14.2 Å². The molecular formula is C18H17BrN2O3. The number of rotatable bonds is 5. The quantitative estimate of drug-likeness (QED) is 0.721. The van der Waals surface area contributed by atoms with Crippen LogP contribution in [0.15, 0.2) is 53.0 Å². The smallest absolute Gasteiger partial charge is 0.123 e. The number of nitrogens with zero attached hydrogens (tertiary/aromatic N) is 2. The number of hydrogen-bond acceptors (Lipinski definition) is 4. The van der Waals surface area contributed by atoms with Crippen LogP contribution in [0.3, 0.4) is 0 Å². The fourth-order valence-corrected chi connectivity index (χ4v) is 2.93. The highest BCUT2D eigenvalue weighted by Gasteiger charge is 2.15. The summed E-state index contributed by atoms with van der Waals surface area (Å²) in [6.07, 6.45) is 0. The molecule has 1 aromatic heterocycles. The summed E-state index contributed by atoms with van der Waals surface area (Å²) in [4.78, 5) is 0. The SMILES string of the molecule is COc1cc(OC)cc(-c2cc(CO)nn2-c2ccccc2Br)c1. The summed E-state index contributed by atoms with van der Waals surface area (Å²) in [6, 6.07) is 15.3. The molecule has 24 heavy (non-hydrogen) atoms. The van der Waals surface area contributed by atoms with Crippen molar-refractivity contribution in [3.8, 4) is 28.4 Å². The van der Waals surface area contributed by atoms with Gasteiger partial charge in [-0.25, -0.2) is 4.68 Å². The molecule has 0 aliphatic carbocycles. The molecule has 0 saturated heterocycles. The number of ether oxygens (including phenoxy) is 2. The lowest BCUT2D eigenvalue weighted by Gasteiger charge is -2.12. The van der Waals surface area contributed by atoms with Gasteiger partial charge < -0.3 is 14.6 Å². The maximum Gasteiger partial charge on any atom is 0.123 e. The largest absolute Gasteiger partial charge is 0.497 e. The molecule has 0 atom stereocenters. The molecule has 3 rings (SSSR count). The van der Waals surface area contributed by atoms with Crippen LogP contribution in [0.4, 0.5) is 0 Å². The minimum absolute atomic E-state index is 0.133.